The van der Waals surface area contributed by atoms with Gasteiger partial charge in [-0.05, 0) is 24.3 Å². The molecule has 63 valence electrons. The molecule has 0 aliphatic carbocycles. The van der Waals surface area contributed by atoms with Crippen LogP contribution in [0.3, 0.4) is 0 Å². The van der Waals surface area contributed by atoms with Crippen LogP contribution in [0.15, 0.2) is 24.3 Å². The number of benzene rings is 1. The van der Waals surface area contributed by atoms with E-state index in [1.807, 2.05) is 24.3 Å². The Morgan fingerprint density at radius 2 is 1.83 bits per heavy atom. The van der Waals surface area contributed by atoms with Gasteiger partial charge in [-0.3, -0.25) is 0 Å². The van der Waals surface area contributed by atoms with Gasteiger partial charge in [-0.25, -0.2) is 0 Å². The van der Waals surface area contributed by atoms with Crippen LogP contribution in [0.25, 0.3) is 0 Å². The molecule has 1 N–H and O–H groups in total. The second-order valence-corrected chi connectivity index (χ2v) is 2.15. The molecule has 1 aromatic carbocycles. The van der Waals surface area contributed by atoms with Gasteiger partial charge in [-0.1, -0.05) is 12.1 Å². The predicted octanol–water partition coefficient (Wildman–Crippen LogP) is 1.39. The monoisotopic (exact) mass is 240 g/mol. The minimum atomic E-state index is 0. The van der Waals surface area contributed by atoms with Crippen molar-refractivity contribution in [3.63, 3.8) is 0 Å². The van der Waals surface area contributed by atoms with Crippen molar-refractivity contribution in [2.75, 3.05) is 6.61 Å². The summed E-state index contributed by atoms with van der Waals surface area (Å²) in [7, 11) is 0. The molecule has 0 bridgehead atoms. The second-order valence-electron chi connectivity index (χ2n) is 2.15. The molecule has 0 saturated heterocycles. The Balaban J connectivity index is 0.00000121. The van der Waals surface area contributed by atoms with Gasteiger partial charge in [-0.2, -0.15) is 0 Å². The van der Waals surface area contributed by atoms with Crippen LogP contribution in [0.2, 0.25) is 0 Å². The van der Waals surface area contributed by atoms with Gasteiger partial charge in [0.15, 0.2) is 0 Å². The molecule has 0 aliphatic heterocycles. The Morgan fingerprint density at radius 3 is 2.25 bits per heavy atom. The van der Waals surface area contributed by atoms with Crippen molar-refractivity contribution in [3.8, 4) is 5.75 Å². The molecule has 0 aliphatic rings. The van der Waals surface area contributed by atoms with Crippen molar-refractivity contribution in [2.24, 2.45) is 0 Å². The van der Waals surface area contributed by atoms with Gasteiger partial charge < -0.3 is 16.8 Å². The summed E-state index contributed by atoms with van der Waals surface area (Å²) in [5, 5.41) is 8.71. The summed E-state index contributed by atoms with van der Waals surface area (Å²) in [6.45, 7) is 4.06. The Hall–Kier alpha value is 0.0839. The average molecular weight is 240 g/mol. The van der Waals surface area contributed by atoms with Crippen LogP contribution < -0.4 is 4.74 Å². The van der Waals surface area contributed by atoms with E-state index in [9.17, 15) is 0 Å². The number of ether oxygens (including phenoxy) is 1. The molecule has 0 aromatic heterocycles. The van der Waals surface area contributed by atoms with E-state index >= 15 is 0 Å². The molecular formula is C9H11O2Y-. The molecule has 0 fully saturated rings. The fourth-order valence-corrected chi connectivity index (χ4v) is 0.809. The second kappa shape index (κ2) is 6.58. The summed E-state index contributed by atoms with van der Waals surface area (Å²) in [6.07, 6.45) is 0. The fourth-order valence-electron chi connectivity index (χ4n) is 0.809. The summed E-state index contributed by atoms with van der Waals surface area (Å²) < 4.78 is 5.11. The van der Waals surface area contributed by atoms with E-state index < -0.39 is 0 Å². The summed E-state index contributed by atoms with van der Waals surface area (Å²) in [6, 6.07) is 7.28. The maximum atomic E-state index is 8.71. The molecule has 2 nitrogen and oxygen atoms in total. The number of aliphatic hydroxyl groups excluding tert-OH is 1. The van der Waals surface area contributed by atoms with Gasteiger partial charge in [-0.15, -0.1) is 0 Å². The molecule has 12 heavy (non-hydrogen) atoms. The third-order valence-electron chi connectivity index (χ3n) is 1.37. The maximum absolute atomic E-state index is 8.71. The fraction of sp³-hybridized carbons (Fsp3) is 0.222. The van der Waals surface area contributed by atoms with Crippen LogP contribution >= 0.6 is 0 Å². The Kier molecular flexibility index (Phi) is 6.63. The van der Waals surface area contributed by atoms with Gasteiger partial charge in [0.05, 0.1) is 6.61 Å². The molecule has 1 rings (SSSR count). The number of rotatable bonds is 3. The first kappa shape index (κ1) is 12.1. The molecule has 1 aromatic rings. The molecule has 0 saturated carbocycles. The molecule has 0 heterocycles. The van der Waals surface area contributed by atoms with Gasteiger partial charge in [0.2, 0.25) is 0 Å². The van der Waals surface area contributed by atoms with E-state index in [-0.39, 0.29) is 39.3 Å². The average Bonchev–Trinajstić information content (AvgIpc) is 2.07. The van der Waals surface area contributed by atoms with E-state index in [2.05, 4.69) is 6.92 Å². The van der Waals surface area contributed by atoms with Crippen LogP contribution in [0.1, 0.15) is 5.56 Å². The van der Waals surface area contributed by atoms with Crippen molar-refractivity contribution in [1.29, 1.82) is 0 Å². The van der Waals surface area contributed by atoms with Crippen LogP contribution in [0, 0.1) is 6.92 Å². The number of aliphatic hydroxyl groups is 1. The first-order chi connectivity index (χ1) is 5.36. The summed E-state index contributed by atoms with van der Waals surface area (Å²) in [5.74, 6) is 0.789. The largest absolute Gasteiger partial charge is 0.525 e. The first-order valence-corrected chi connectivity index (χ1v) is 3.48. The number of hydrogen-bond acceptors (Lipinski definition) is 2. The Morgan fingerprint density at radius 1 is 1.25 bits per heavy atom. The zero-order valence-electron chi connectivity index (χ0n) is 6.86. The van der Waals surface area contributed by atoms with Crippen LogP contribution in [-0.2, 0) is 39.3 Å². The summed E-state index contributed by atoms with van der Waals surface area (Å²) in [5.41, 5.74) is 0.890. The van der Waals surface area contributed by atoms with Gasteiger partial charge in [0.25, 0.3) is 0 Å². The van der Waals surface area contributed by atoms with Gasteiger partial charge in [0.1, 0.15) is 5.75 Å². The molecular weight excluding hydrogens is 229 g/mol. The van der Waals surface area contributed by atoms with E-state index in [0.29, 0.717) is 6.61 Å². The van der Waals surface area contributed by atoms with Gasteiger partial charge >= 0.3 is 0 Å². The van der Waals surface area contributed by atoms with Crippen molar-refractivity contribution in [1.82, 2.24) is 0 Å². The predicted molar refractivity (Wildman–Crippen MR) is 43.2 cm³/mol. The molecule has 0 amide bonds. The van der Waals surface area contributed by atoms with Gasteiger partial charge in [0, 0.05) is 32.7 Å². The maximum Gasteiger partial charge on any atom is 0.115 e. The Bertz CT molecular complexity index is 208. The van der Waals surface area contributed by atoms with Crippen molar-refractivity contribution >= 4 is 0 Å². The zero-order valence-corrected chi connectivity index (χ0v) is 9.70. The van der Waals surface area contributed by atoms with E-state index in [0.717, 1.165) is 11.3 Å². The smallest absolute Gasteiger partial charge is 0.115 e. The number of hydrogen-bond donors (Lipinski definition) is 1. The molecule has 0 spiro atoms. The quantitative estimate of drug-likeness (QED) is 0.809. The SMILES string of the molecule is [CH2-]COc1ccc(CO)cc1.[Y]. The van der Waals surface area contributed by atoms with Crippen molar-refractivity contribution in [2.45, 2.75) is 6.61 Å². The minimum absolute atomic E-state index is 0. The van der Waals surface area contributed by atoms with Crippen LogP contribution in [-0.4, -0.2) is 11.7 Å². The van der Waals surface area contributed by atoms with Crippen LogP contribution in [0.5, 0.6) is 5.75 Å². The van der Waals surface area contributed by atoms with Crippen molar-refractivity contribution < 1.29 is 42.6 Å². The third kappa shape index (κ3) is 3.66. The van der Waals surface area contributed by atoms with E-state index in [1.165, 1.54) is 0 Å². The zero-order chi connectivity index (χ0) is 8.10. The third-order valence-corrected chi connectivity index (χ3v) is 1.37. The van der Waals surface area contributed by atoms with E-state index in [1.54, 1.807) is 0 Å². The van der Waals surface area contributed by atoms with Crippen LogP contribution in [0.4, 0.5) is 0 Å². The first-order valence-electron chi connectivity index (χ1n) is 3.48. The molecule has 3 heteroatoms. The van der Waals surface area contributed by atoms with E-state index in [4.69, 9.17) is 9.84 Å². The standard InChI is InChI=1S/C9H11O2.Y/c1-2-11-9-5-3-8(7-10)4-6-9;/h3-6,10H,1-2,7H2;/q-1;. The normalized spacial score (nSPS) is 8.83. The summed E-state index contributed by atoms with van der Waals surface area (Å²) >= 11 is 0. The molecule has 0 atom stereocenters. The summed E-state index contributed by atoms with van der Waals surface area (Å²) in [4.78, 5) is 0. The Labute approximate surface area is 97.8 Å². The topological polar surface area (TPSA) is 29.5 Å². The molecule has 1 radical (unpaired) electrons. The minimum Gasteiger partial charge on any atom is -0.525 e. The molecule has 0 unspecified atom stereocenters. The van der Waals surface area contributed by atoms with Crippen molar-refractivity contribution in [3.05, 3.63) is 36.8 Å².